The van der Waals surface area contributed by atoms with Crippen LogP contribution in [0.4, 0.5) is 0 Å². The molecular formula is C14H19. The Bertz CT molecular complexity index is 178. The lowest BCUT2D eigenvalue weighted by Gasteiger charge is -1.91. The zero-order chi connectivity index (χ0) is 9.90. The predicted octanol–water partition coefficient (Wildman–Crippen LogP) is 4.37. The Morgan fingerprint density at radius 1 is 0.714 bits per heavy atom. The fourth-order valence-electron chi connectivity index (χ4n) is 1.34. The van der Waals surface area contributed by atoms with Gasteiger partial charge in [0.1, 0.15) is 0 Å². The first kappa shape index (κ1) is 11.0. The van der Waals surface area contributed by atoms with Crippen molar-refractivity contribution in [2.75, 3.05) is 0 Å². The average Bonchev–Trinajstić information content (AvgIpc) is 2.22. The van der Waals surface area contributed by atoms with Crippen molar-refractivity contribution in [1.82, 2.24) is 0 Å². The van der Waals surface area contributed by atoms with Gasteiger partial charge >= 0.3 is 0 Å². The molecule has 1 aliphatic carbocycles. The van der Waals surface area contributed by atoms with Gasteiger partial charge in [-0.05, 0) is 44.6 Å². The fraction of sp³-hybridized carbons (Fsp3) is 0.429. The second kappa shape index (κ2) is 8.55. The lowest BCUT2D eigenvalue weighted by molar-refractivity contribution is 0.851. The van der Waals surface area contributed by atoms with Gasteiger partial charge in [-0.2, -0.15) is 0 Å². The first-order valence-corrected chi connectivity index (χ1v) is 5.53. The molecule has 0 heterocycles. The summed E-state index contributed by atoms with van der Waals surface area (Å²) in [5, 5.41) is 0. The highest BCUT2D eigenvalue weighted by molar-refractivity contribution is 5.03. The first-order valence-electron chi connectivity index (χ1n) is 5.53. The summed E-state index contributed by atoms with van der Waals surface area (Å²) in [6.07, 6.45) is 25.5. The Labute approximate surface area is 87.7 Å². The SMILES string of the molecule is [C]1=C/C=C\CCC/C=C/C=C\CCC/1. The molecule has 0 aromatic rings. The predicted molar refractivity (Wildman–Crippen MR) is 62.9 cm³/mol. The number of hydrogen-bond donors (Lipinski definition) is 0. The summed E-state index contributed by atoms with van der Waals surface area (Å²) in [4.78, 5) is 0. The quantitative estimate of drug-likeness (QED) is 0.528. The summed E-state index contributed by atoms with van der Waals surface area (Å²) in [5.74, 6) is 0. The molecule has 0 fully saturated rings. The molecule has 75 valence electrons. The normalized spacial score (nSPS) is 28.6. The highest BCUT2D eigenvalue weighted by Gasteiger charge is 1.82. The zero-order valence-corrected chi connectivity index (χ0v) is 8.78. The highest BCUT2D eigenvalue weighted by Crippen LogP contribution is 2.01. The molecule has 0 aliphatic heterocycles. The van der Waals surface area contributed by atoms with Crippen LogP contribution in [0, 0.1) is 6.08 Å². The first-order chi connectivity index (χ1) is 7.00. The van der Waals surface area contributed by atoms with Gasteiger partial charge in [-0.25, -0.2) is 0 Å². The molecule has 0 saturated heterocycles. The van der Waals surface area contributed by atoms with Crippen molar-refractivity contribution < 1.29 is 0 Å². The molecule has 0 nitrogen and oxygen atoms in total. The van der Waals surface area contributed by atoms with E-state index in [4.69, 9.17) is 0 Å². The lowest BCUT2D eigenvalue weighted by atomic mass is 10.2. The summed E-state index contributed by atoms with van der Waals surface area (Å²) in [6, 6.07) is 0. The van der Waals surface area contributed by atoms with Crippen LogP contribution >= 0.6 is 0 Å². The minimum absolute atomic E-state index is 1.07. The van der Waals surface area contributed by atoms with Crippen molar-refractivity contribution >= 4 is 0 Å². The number of rotatable bonds is 0. The largest absolute Gasteiger partial charge is 0.0845 e. The minimum Gasteiger partial charge on any atom is -0.0845 e. The van der Waals surface area contributed by atoms with Gasteiger partial charge in [-0.3, -0.25) is 0 Å². The molecule has 0 heteroatoms. The number of hydrogen-bond acceptors (Lipinski definition) is 0. The molecule has 0 N–H and O–H groups in total. The molecule has 1 rings (SSSR count). The van der Waals surface area contributed by atoms with Crippen LogP contribution in [0.15, 0.2) is 42.5 Å². The van der Waals surface area contributed by atoms with E-state index in [-0.39, 0.29) is 0 Å². The molecule has 14 heavy (non-hydrogen) atoms. The molecule has 0 spiro atoms. The molecule has 0 aromatic carbocycles. The number of allylic oxidation sites excluding steroid dienone is 8. The van der Waals surface area contributed by atoms with E-state index < -0.39 is 0 Å². The van der Waals surface area contributed by atoms with Crippen LogP contribution in [0.25, 0.3) is 0 Å². The third-order valence-electron chi connectivity index (χ3n) is 2.17. The fourth-order valence-corrected chi connectivity index (χ4v) is 1.34. The smallest absolute Gasteiger partial charge is 0.0273 e. The Kier molecular flexibility index (Phi) is 6.74. The molecular weight excluding hydrogens is 168 g/mol. The molecule has 0 atom stereocenters. The van der Waals surface area contributed by atoms with Crippen molar-refractivity contribution in [1.29, 1.82) is 0 Å². The van der Waals surface area contributed by atoms with Crippen LogP contribution in [0.5, 0.6) is 0 Å². The van der Waals surface area contributed by atoms with E-state index in [9.17, 15) is 0 Å². The van der Waals surface area contributed by atoms with Crippen molar-refractivity contribution in [3.63, 3.8) is 0 Å². The molecule has 0 amide bonds. The van der Waals surface area contributed by atoms with E-state index in [1.54, 1.807) is 0 Å². The van der Waals surface area contributed by atoms with Crippen molar-refractivity contribution in [3.05, 3.63) is 48.6 Å². The second-order valence-corrected chi connectivity index (χ2v) is 3.48. The summed E-state index contributed by atoms with van der Waals surface area (Å²) in [5.41, 5.74) is 0. The van der Waals surface area contributed by atoms with Crippen molar-refractivity contribution in [3.8, 4) is 0 Å². The molecule has 0 bridgehead atoms. The summed E-state index contributed by atoms with van der Waals surface area (Å²) >= 11 is 0. The molecule has 0 saturated carbocycles. The van der Waals surface area contributed by atoms with E-state index >= 15 is 0 Å². The third kappa shape index (κ3) is 6.47. The summed E-state index contributed by atoms with van der Waals surface area (Å²) in [6.45, 7) is 0. The molecule has 1 aliphatic rings. The molecule has 0 aromatic heterocycles. The summed E-state index contributed by atoms with van der Waals surface area (Å²) in [7, 11) is 0. The van der Waals surface area contributed by atoms with E-state index in [1.165, 1.54) is 25.7 Å². The van der Waals surface area contributed by atoms with Gasteiger partial charge in [-0.15, -0.1) is 0 Å². The van der Waals surface area contributed by atoms with Crippen LogP contribution in [-0.2, 0) is 0 Å². The zero-order valence-electron chi connectivity index (χ0n) is 8.78. The third-order valence-corrected chi connectivity index (χ3v) is 2.17. The van der Waals surface area contributed by atoms with E-state index in [2.05, 4.69) is 42.5 Å². The highest BCUT2D eigenvalue weighted by atomic mass is 13.9. The van der Waals surface area contributed by atoms with Gasteiger partial charge in [0.25, 0.3) is 0 Å². The van der Waals surface area contributed by atoms with Crippen LogP contribution in [0.1, 0.15) is 38.5 Å². The van der Waals surface area contributed by atoms with Crippen LogP contribution < -0.4 is 0 Å². The monoisotopic (exact) mass is 187 g/mol. The second-order valence-electron chi connectivity index (χ2n) is 3.48. The maximum Gasteiger partial charge on any atom is -0.0273 e. The van der Waals surface area contributed by atoms with Crippen molar-refractivity contribution in [2.24, 2.45) is 0 Å². The molecule has 0 unspecified atom stereocenters. The van der Waals surface area contributed by atoms with Gasteiger partial charge in [-0.1, -0.05) is 42.5 Å². The van der Waals surface area contributed by atoms with Crippen LogP contribution in [0.2, 0.25) is 0 Å². The van der Waals surface area contributed by atoms with Crippen molar-refractivity contribution in [2.45, 2.75) is 38.5 Å². The maximum atomic E-state index is 3.28. The van der Waals surface area contributed by atoms with Gasteiger partial charge in [0.15, 0.2) is 0 Å². The topological polar surface area (TPSA) is 0 Å². The average molecular weight is 187 g/mol. The maximum absolute atomic E-state index is 3.28. The van der Waals surface area contributed by atoms with Gasteiger partial charge < -0.3 is 0 Å². The Balaban J connectivity index is 2.33. The standard InChI is InChI=1S/C14H19/c1-2-4-6-8-10-12-14-13-11-9-7-5-3-1/h1-4,11,13-14H,5-10H2/b3-1+,4-2-,13-11-,14-12?. The Morgan fingerprint density at radius 2 is 1.36 bits per heavy atom. The minimum atomic E-state index is 1.07. The summed E-state index contributed by atoms with van der Waals surface area (Å²) < 4.78 is 0. The Morgan fingerprint density at radius 3 is 2.14 bits per heavy atom. The van der Waals surface area contributed by atoms with E-state index in [0.717, 1.165) is 12.8 Å². The van der Waals surface area contributed by atoms with Gasteiger partial charge in [0.05, 0.1) is 0 Å². The van der Waals surface area contributed by atoms with E-state index in [1.807, 2.05) is 6.08 Å². The van der Waals surface area contributed by atoms with Crippen LogP contribution in [0.3, 0.4) is 0 Å². The Hall–Kier alpha value is -1.04. The van der Waals surface area contributed by atoms with E-state index in [0.29, 0.717) is 0 Å². The lowest BCUT2D eigenvalue weighted by Crippen LogP contribution is -1.71. The van der Waals surface area contributed by atoms with Crippen LogP contribution in [-0.4, -0.2) is 0 Å². The molecule has 1 radical (unpaired) electrons. The van der Waals surface area contributed by atoms with Gasteiger partial charge in [0.2, 0.25) is 0 Å². The van der Waals surface area contributed by atoms with Gasteiger partial charge in [0, 0.05) is 0 Å².